The molecule has 160 valence electrons. The van der Waals surface area contributed by atoms with Gasteiger partial charge in [0.15, 0.2) is 5.96 Å². The van der Waals surface area contributed by atoms with E-state index in [-0.39, 0.29) is 24.0 Å². The van der Waals surface area contributed by atoms with Crippen molar-refractivity contribution in [2.45, 2.75) is 45.6 Å². The molecule has 7 heteroatoms. The zero-order chi connectivity index (χ0) is 18.8. The van der Waals surface area contributed by atoms with Crippen LogP contribution in [0, 0.1) is 11.8 Å². The highest BCUT2D eigenvalue weighted by Gasteiger charge is 2.27. The Morgan fingerprint density at radius 2 is 1.93 bits per heavy atom. The lowest BCUT2D eigenvalue weighted by Gasteiger charge is -2.39. The Labute approximate surface area is 183 Å². The minimum absolute atomic E-state index is 0. The van der Waals surface area contributed by atoms with Gasteiger partial charge >= 0.3 is 0 Å². The number of morpholine rings is 1. The molecule has 6 nitrogen and oxygen atoms in total. The van der Waals surface area contributed by atoms with Crippen LogP contribution in [0.25, 0.3) is 0 Å². The first-order valence-electron chi connectivity index (χ1n) is 10.5. The Kier molecular flexibility index (Phi) is 12.9. The molecule has 0 amide bonds. The van der Waals surface area contributed by atoms with Crippen LogP contribution in [-0.2, 0) is 9.47 Å². The van der Waals surface area contributed by atoms with E-state index >= 15 is 0 Å². The van der Waals surface area contributed by atoms with E-state index in [1.54, 1.807) is 0 Å². The fourth-order valence-electron chi connectivity index (χ4n) is 3.76. The van der Waals surface area contributed by atoms with Gasteiger partial charge in [0.25, 0.3) is 0 Å². The Balaban J connectivity index is 0.00000364. The van der Waals surface area contributed by atoms with Crippen LogP contribution >= 0.6 is 24.0 Å². The normalized spacial score (nSPS) is 19.7. The summed E-state index contributed by atoms with van der Waals surface area (Å²) < 4.78 is 11.3. The summed E-state index contributed by atoms with van der Waals surface area (Å²) in [7, 11) is 3.96. The highest BCUT2D eigenvalue weighted by Crippen LogP contribution is 2.28. The molecule has 0 aromatic carbocycles. The first kappa shape index (κ1) is 24.9. The number of aliphatic imine (C=N–C) groups is 1. The van der Waals surface area contributed by atoms with Gasteiger partial charge in [-0.1, -0.05) is 26.7 Å². The summed E-state index contributed by atoms with van der Waals surface area (Å²) in [6.07, 6.45) is 5.11. The number of ether oxygens (including phenoxy) is 2. The maximum Gasteiger partial charge on any atom is 0.193 e. The van der Waals surface area contributed by atoms with Crippen molar-refractivity contribution >= 4 is 29.9 Å². The van der Waals surface area contributed by atoms with Crippen LogP contribution in [0.3, 0.4) is 0 Å². The molecule has 1 saturated carbocycles. The van der Waals surface area contributed by atoms with E-state index in [1.165, 1.54) is 25.7 Å². The lowest BCUT2D eigenvalue weighted by Crippen LogP contribution is -2.53. The van der Waals surface area contributed by atoms with E-state index in [2.05, 4.69) is 41.0 Å². The lowest BCUT2D eigenvalue weighted by molar-refractivity contribution is 0.00259. The van der Waals surface area contributed by atoms with Crippen molar-refractivity contribution in [1.29, 1.82) is 0 Å². The zero-order valence-electron chi connectivity index (χ0n) is 17.8. The highest BCUT2D eigenvalue weighted by molar-refractivity contribution is 14.0. The van der Waals surface area contributed by atoms with Crippen molar-refractivity contribution in [2.24, 2.45) is 16.8 Å². The van der Waals surface area contributed by atoms with Crippen LogP contribution < -0.4 is 5.32 Å². The molecule has 1 heterocycles. The molecular formula is C20H41IN4O2. The number of likely N-dealkylation sites (N-methyl/N-ethyl adjacent to an activating group) is 1. The maximum atomic E-state index is 5.77. The molecule has 1 aliphatic heterocycles. The van der Waals surface area contributed by atoms with Crippen molar-refractivity contribution in [3.05, 3.63) is 0 Å². The topological polar surface area (TPSA) is 49.3 Å². The van der Waals surface area contributed by atoms with Crippen LogP contribution in [0.1, 0.15) is 39.5 Å². The summed E-state index contributed by atoms with van der Waals surface area (Å²) in [5, 5.41) is 3.62. The van der Waals surface area contributed by atoms with Gasteiger partial charge in [-0.25, -0.2) is 0 Å². The van der Waals surface area contributed by atoms with Gasteiger partial charge < -0.3 is 19.7 Å². The standard InChI is InChI=1S/C20H40N4O2.HI/c1-5-18(6-2)19(24-10-13-25-14-11-24)15-22-20(21-3)23(4)9-12-26-16-17-7-8-17;/h17-19H,5-16H2,1-4H3,(H,21,22);1H. The van der Waals surface area contributed by atoms with Crippen molar-refractivity contribution in [1.82, 2.24) is 15.1 Å². The van der Waals surface area contributed by atoms with E-state index in [9.17, 15) is 0 Å². The smallest absolute Gasteiger partial charge is 0.193 e. The zero-order valence-corrected chi connectivity index (χ0v) is 20.1. The van der Waals surface area contributed by atoms with Crippen LogP contribution in [0.4, 0.5) is 0 Å². The van der Waals surface area contributed by atoms with E-state index in [0.29, 0.717) is 12.0 Å². The SMILES string of the molecule is CCC(CC)C(CNC(=NC)N(C)CCOCC1CC1)N1CCOCC1.I. The van der Waals surface area contributed by atoms with Gasteiger partial charge in [0.05, 0.1) is 19.8 Å². The monoisotopic (exact) mass is 496 g/mol. The predicted molar refractivity (Wildman–Crippen MR) is 123 cm³/mol. The van der Waals surface area contributed by atoms with Crippen LogP contribution in [0.5, 0.6) is 0 Å². The Bertz CT molecular complexity index is 411. The fourth-order valence-corrected chi connectivity index (χ4v) is 3.76. The molecular weight excluding hydrogens is 455 g/mol. The molecule has 1 N–H and O–H groups in total. The molecule has 0 aromatic rings. The molecule has 2 aliphatic rings. The largest absolute Gasteiger partial charge is 0.379 e. The molecule has 0 aromatic heterocycles. The second-order valence-corrected chi connectivity index (χ2v) is 7.66. The number of hydrogen-bond donors (Lipinski definition) is 1. The maximum absolute atomic E-state index is 5.77. The fraction of sp³-hybridized carbons (Fsp3) is 0.950. The average molecular weight is 496 g/mol. The van der Waals surface area contributed by atoms with E-state index in [1.807, 2.05) is 7.05 Å². The highest BCUT2D eigenvalue weighted by atomic mass is 127. The third-order valence-corrected chi connectivity index (χ3v) is 5.77. The third-order valence-electron chi connectivity index (χ3n) is 5.77. The van der Waals surface area contributed by atoms with Gasteiger partial charge in [-0.3, -0.25) is 9.89 Å². The molecule has 2 rings (SSSR count). The minimum atomic E-state index is 0. The quantitative estimate of drug-likeness (QED) is 0.206. The second-order valence-electron chi connectivity index (χ2n) is 7.66. The van der Waals surface area contributed by atoms with E-state index < -0.39 is 0 Å². The third kappa shape index (κ3) is 8.83. The number of hydrogen-bond acceptors (Lipinski definition) is 4. The number of guanidine groups is 1. The average Bonchev–Trinajstić information content (AvgIpc) is 3.50. The first-order valence-corrected chi connectivity index (χ1v) is 10.5. The van der Waals surface area contributed by atoms with E-state index in [4.69, 9.17) is 9.47 Å². The number of rotatable bonds is 11. The molecule has 1 aliphatic carbocycles. The van der Waals surface area contributed by atoms with Crippen LogP contribution in [0.2, 0.25) is 0 Å². The lowest BCUT2D eigenvalue weighted by atomic mass is 9.92. The predicted octanol–water partition coefficient (Wildman–Crippen LogP) is 2.68. The minimum Gasteiger partial charge on any atom is -0.379 e. The van der Waals surface area contributed by atoms with Crippen LogP contribution in [-0.4, -0.2) is 88.5 Å². The van der Waals surface area contributed by atoms with E-state index in [0.717, 1.165) is 64.5 Å². The number of nitrogens with zero attached hydrogens (tertiary/aromatic N) is 3. The number of halogens is 1. The van der Waals surface area contributed by atoms with Crippen molar-refractivity contribution in [3.63, 3.8) is 0 Å². The first-order chi connectivity index (χ1) is 12.7. The Morgan fingerprint density at radius 1 is 1.26 bits per heavy atom. The summed E-state index contributed by atoms with van der Waals surface area (Å²) in [5.74, 6) is 2.49. The van der Waals surface area contributed by atoms with Gasteiger partial charge in [-0.2, -0.15) is 0 Å². The molecule has 1 saturated heterocycles. The number of nitrogens with one attached hydrogen (secondary N) is 1. The van der Waals surface area contributed by atoms with Crippen LogP contribution in [0.15, 0.2) is 4.99 Å². The molecule has 27 heavy (non-hydrogen) atoms. The molecule has 0 spiro atoms. The van der Waals surface area contributed by atoms with Gasteiger partial charge in [0, 0.05) is 52.9 Å². The Hall–Kier alpha value is -0.120. The summed E-state index contributed by atoms with van der Waals surface area (Å²) in [5.41, 5.74) is 0. The van der Waals surface area contributed by atoms with Crippen molar-refractivity contribution in [2.75, 3.05) is 66.7 Å². The van der Waals surface area contributed by atoms with Gasteiger partial charge in [0.1, 0.15) is 0 Å². The summed E-state index contributed by atoms with van der Waals surface area (Å²) in [6, 6.07) is 0.533. The second kappa shape index (κ2) is 14.0. The molecule has 0 bridgehead atoms. The molecule has 0 radical (unpaired) electrons. The van der Waals surface area contributed by atoms with Gasteiger partial charge in [0.2, 0.25) is 0 Å². The van der Waals surface area contributed by atoms with Gasteiger partial charge in [-0.05, 0) is 24.7 Å². The molecule has 2 fully saturated rings. The Morgan fingerprint density at radius 3 is 2.48 bits per heavy atom. The summed E-state index contributed by atoms with van der Waals surface area (Å²) in [6.45, 7) is 11.9. The summed E-state index contributed by atoms with van der Waals surface area (Å²) >= 11 is 0. The molecule has 1 unspecified atom stereocenters. The van der Waals surface area contributed by atoms with Gasteiger partial charge in [-0.15, -0.1) is 24.0 Å². The molecule has 1 atom stereocenters. The van der Waals surface area contributed by atoms with Crippen molar-refractivity contribution < 1.29 is 9.47 Å². The van der Waals surface area contributed by atoms with Crippen molar-refractivity contribution in [3.8, 4) is 0 Å². The summed E-state index contributed by atoms with van der Waals surface area (Å²) in [4.78, 5) is 9.25.